The fourth-order valence-corrected chi connectivity index (χ4v) is 2.85. The summed E-state index contributed by atoms with van der Waals surface area (Å²) in [4.78, 5) is 13.2. The molecule has 0 radical (unpaired) electrons. The van der Waals surface area contributed by atoms with Gasteiger partial charge in [-0.15, -0.1) is 0 Å². The van der Waals surface area contributed by atoms with E-state index in [1.165, 1.54) is 12.1 Å². The number of hydrogen-bond acceptors (Lipinski definition) is 3. The fraction of sp³-hybridized carbons (Fsp3) is 0.562. The van der Waals surface area contributed by atoms with Crippen LogP contribution < -0.4 is 10.1 Å². The largest absolute Gasteiger partial charge is 0.496 e. The van der Waals surface area contributed by atoms with Gasteiger partial charge in [-0.1, -0.05) is 0 Å². The van der Waals surface area contributed by atoms with E-state index in [4.69, 9.17) is 4.74 Å². The molecule has 0 bridgehead atoms. The average molecular weight is 294 g/mol. The number of amides is 1. The summed E-state index contributed by atoms with van der Waals surface area (Å²) in [7, 11) is 1.59. The number of ether oxygens (including phenoxy) is 1. The monoisotopic (exact) mass is 294 g/mol. The fourth-order valence-electron chi connectivity index (χ4n) is 2.85. The molecule has 0 saturated carbocycles. The summed E-state index contributed by atoms with van der Waals surface area (Å²) in [5, 5.41) is 3.51. The van der Waals surface area contributed by atoms with Crippen molar-refractivity contribution < 1.29 is 13.9 Å². The molecule has 21 heavy (non-hydrogen) atoms. The molecule has 1 aliphatic heterocycles. The second-order valence-corrected chi connectivity index (χ2v) is 5.55. The molecule has 0 unspecified atom stereocenters. The molecule has 0 spiro atoms. The van der Waals surface area contributed by atoms with Gasteiger partial charge in [0.15, 0.2) is 0 Å². The first-order valence-electron chi connectivity index (χ1n) is 7.36. The molecule has 1 N–H and O–H groups in total. The zero-order valence-corrected chi connectivity index (χ0v) is 12.9. The molecule has 1 saturated heterocycles. The van der Waals surface area contributed by atoms with E-state index in [1.54, 1.807) is 20.1 Å². The van der Waals surface area contributed by atoms with Gasteiger partial charge in [0.25, 0.3) is 0 Å². The Balaban J connectivity index is 1.98. The SMILES string of the molecule is COc1ccc(F)cc1[C@@H](C)NC1CCN(C(C)=O)CC1. The van der Waals surface area contributed by atoms with E-state index in [-0.39, 0.29) is 17.8 Å². The first kappa shape index (κ1) is 15.8. The highest BCUT2D eigenvalue weighted by Gasteiger charge is 2.23. The average Bonchev–Trinajstić information content (AvgIpc) is 2.47. The summed E-state index contributed by atoms with van der Waals surface area (Å²) >= 11 is 0. The van der Waals surface area contributed by atoms with Crippen molar-refractivity contribution in [3.05, 3.63) is 29.6 Å². The Morgan fingerprint density at radius 2 is 2.10 bits per heavy atom. The summed E-state index contributed by atoms with van der Waals surface area (Å²) in [6, 6.07) is 4.91. The van der Waals surface area contributed by atoms with Crippen molar-refractivity contribution in [2.45, 2.75) is 38.8 Å². The second kappa shape index (κ2) is 6.89. The Morgan fingerprint density at radius 1 is 1.43 bits per heavy atom. The van der Waals surface area contributed by atoms with E-state index < -0.39 is 0 Å². The lowest BCUT2D eigenvalue weighted by Gasteiger charge is -2.33. The number of benzene rings is 1. The third-order valence-corrected chi connectivity index (χ3v) is 4.08. The number of halogens is 1. The van der Waals surface area contributed by atoms with Gasteiger partial charge >= 0.3 is 0 Å². The van der Waals surface area contributed by atoms with E-state index in [0.717, 1.165) is 31.5 Å². The predicted molar refractivity (Wildman–Crippen MR) is 79.8 cm³/mol. The molecular weight excluding hydrogens is 271 g/mol. The van der Waals surface area contributed by atoms with E-state index in [0.29, 0.717) is 11.8 Å². The molecule has 1 aromatic rings. The number of likely N-dealkylation sites (tertiary alicyclic amines) is 1. The lowest BCUT2D eigenvalue weighted by Crippen LogP contribution is -2.44. The molecule has 1 heterocycles. The third kappa shape index (κ3) is 3.94. The van der Waals surface area contributed by atoms with Crippen LogP contribution >= 0.6 is 0 Å². The highest BCUT2D eigenvalue weighted by Crippen LogP contribution is 2.27. The minimum atomic E-state index is -0.258. The standard InChI is InChI=1S/C16H23FN2O2/c1-11(15-10-13(17)4-5-16(15)21-3)18-14-6-8-19(9-7-14)12(2)20/h4-5,10-11,14,18H,6-9H2,1-3H3/t11-/m1/s1. The predicted octanol–water partition coefficient (Wildman–Crippen LogP) is 2.50. The summed E-state index contributed by atoms with van der Waals surface area (Å²) in [5.74, 6) is 0.566. The molecule has 4 nitrogen and oxygen atoms in total. The van der Waals surface area contributed by atoms with Gasteiger partial charge in [0.1, 0.15) is 11.6 Å². The number of nitrogens with zero attached hydrogens (tertiary/aromatic N) is 1. The zero-order valence-electron chi connectivity index (χ0n) is 12.9. The third-order valence-electron chi connectivity index (χ3n) is 4.08. The molecule has 1 amide bonds. The van der Waals surface area contributed by atoms with Gasteiger partial charge in [-0.3, -0.25) is 4.79 Å². The Labute approximate surface area is 125 Å². The van der Waals surface area contributed by atoms with Gasteiger partial charge in [-0.05, 0) is 38.0 Å². The van der Waals surface area contributed by atoms with Gasteiger partial charge in [0.05, 0.1) is 7.11 Å². The van der Waals surface area contributed by atoms with Crippen LogP contribution in [-0.2, 0) is 4.79 Å². The van der Waals surface area contributed by atoms with E-state index in [2.05, 4.69) is 5.32 Å². The minimum Gasteiger partial charge on any atom is -0.496 e. The van der Waals surface area contributed by atoms with Crippen molar-refractivity contribution in [3.8, 4) is 5.75 Å². The van der Waals surface area contributed by atoms with Crippen LogP contribution in [0.25, 0.3) is 0 Å². The Kier molecular flexibility index (Phi) is 5.17. The molecule has 116 valence electrons. The lowest BCUT2D eigenvalue weighted by molar-refractivity contribution is -0.129. The molecular formula is C16H23FN2O2. The van der Waals surface area contributed by atoms with Crippen molar-refractivity contribution in [1.29, 1.82) is 0 Å². The van der Waals surface area contributed by atoms with E-state index in [1.807, 2.05) is 11.8 Å². The summed E-state index contributed by atoms with van der Waals surface area (Å²) < 4.78 is 18.7. The highest BCUT2D eigenvalue weighted by molar-refractivity contribution is 5.73. The molecule has 1 aliphatic rings. The smallest absolute Gasteiger partial charge is 0.219 e. The topological polar surface area (TPSA) is 41.6 Å². The number of methoxy groups -OCH3 is 1. The van der Waals surface area contributed by atoms with Crippen LogP contribution in [0.5, 0.6) is 5.75 Å². The van der Waals surface area contributed by atoms with Crippen molar-refractivity contribution in [2.75, 3.05) is 20.2 Å². The van der Waals surface area contributed by atoms with E-state index >= 15 is 0 Å². The normalized spacial score (nSPS) is 17.6. The molecule has 1 atom stereocenters. The zero-order chi connectivity index (χ0) is 15.4. The number of nitrogens with one attached hydrogen (secondary N) is 1. The molecule has 0 aromatic heterocycles. The molecule has 1 fully saturated rings. The van der Waals surface area contributed by atoms with Gasteiger partial charge in [-0.25, -0.2) is 4.39 Å². The van der Waals surface area contributed by atoms with Gasteiger partial charge in [0, 0.05) is 37.7 Å². The molecule has 1 aromatic carbocycles. The van der Waals surface area contributed by atoms with Crippen LogP contribution in [-0.4, -0.2) is 37.0 Å². The molecule has 2 rings (SSSR count). The Morgan fingerprint density at radius 3 is 2.67 bits per heavy atom. The molecule has 5 heteroatoms. The van der Waals surface area contributed by atoms with Gasteiger partial charge in [0.2, 0.25) is 5.91 Å². The maximum Gasteiger partial charge on any atom is 0.219 e. The number of carbonyl (C=O) groups excluding carboxylic acids is 1. The number of carbonyl (C=O) groups is 1. The Hall–Kier alpha value is -1.62. The number of hydrogen-bond donors (Lipinski definition) is 1. The number of piperidine rings is 1. The second-order valence-electron chi connectivity index (χ2n) is 5.55. The van der Waals surface area contributed by atoms with Crippen LogP contribution in [0, 0.1) is 5.82 Å². The van der Waals surface area contributed by atoms with Crippen LogP contribution in [0.4, 0.5) is 4.39 Å². The van der Waals surface area contributed by atoms with Crippen molar-refractivity contribution in [2.24, 2.45) is 0 Å². The highest BCUT2D eigenvalue weighted by atomic mass is 19.1. The van der Waals surface area contributed by atoms with Crippen LogP contribution in [0.15, 0.2) is 18.2 Å². The van der Waals surface area contributed by atoms with Crippen LogP contribution in [0.1, 0.15) is 38.3 Å². The van der Waals surface area contributed by atoms with Crippen LogP contribution in [0.3, 0.4) is 0 Å². The minimum absolute atomic E-state index is 0.00419. The first-order valence-corrected chi connectivity index (χ1v) is 7.36. The van der Waals surface area contributed by atoms with Crippen molar-refractivity contribution in [3.63, 3.8) is 0 Å². The van der Waals surface area contributed by atoms with Crippen LogP contribution in [0.2, 0.25) is 0 Å². The maximum absolute atomic E-state index is 13.4. The maximum atomic E-state index is 13.4. The van der Waals surface area contributed by atoms with Gasteiger partial charge in [-0.2, -0.15) is 0 Å². The summed E-state index contributed by atoms with van der Waals surface area (Å²) in [5.41, 5.74) is 0.825. The summed E-state index contributed by atoms with van der Waals surface area (Å²) in [6.07, 6.45) is 1.84. The lowest BCUT2D eigenvalue weighted by atomic mass is 10.0. The summed E-state index contributed by atoms with van der Waals surface area (Å²) in [6.45, 7) is 5.17. The quantitative estimate of drug-likeness (QED) is 0.927. The van der Waals surface area contributed by atoms with Gasteiger partial charge < -0.3 is 15.0 Å². The number of rotatable bonds is 4. The van der Waals surface area contributed by atoms with Crippen molar-refractivity contribution >= 4 is 5.91 Å². The first-order chi connectivity index (χ1) is 10.0. The molecule has 0 aliphatic carbocycles. The van der Waals surface area contributed by atoms with Crippen molar-refractivity contribution in [1.82, 2.24) is 10.2 Å². The Bertz CT molecular complexity index is 499. The van der Waals surface area contributed by atoms with E-state index in [9.17, 15) is 9.18 Å².